The van der Waals surface area contributed by atoms with Gasteiger partial charge in [-0.15, -0.1) is 0 Å². The van der Waals surface area contributed by atoms with Crippen LogP contribution in [0.3, 0.4) is 0 Å². The van der Waals surface area contributed by atoms with Gasteiger partial charge in [-0.25, -0.2) is 14.2 Å². The van der Waals surface area contributed by atoms with Crippen LogP contribution in [0.4, 0.5) is 10.1 Å². The lowest BCUT2D eigenvalue weighted by Crippen LogP contribution is -2.55. The first-order valence-electron chi connectivity index (χ1n) is 11.3. The molecule has 5 rings (SSSR count). The zero-order chi connectivity index (χ0) is 24.5. The summed E-state index contributed by atoms with van der Waals surface area (Å²) in [6.45, 7) is 3.58. The fourth-order valence-electron chi connectivity index (χ4n) is 4.69. The van der Waals surface area contributed by atoms with Crippen LogP contribution in [0.1, 0.15) is 6.92 Å². The Hall–Kier alpha value is -3.63. The number of aromatic amines is 2. The van der Waals surface area contributed by atoms with Crippen molar-refractivity contribution in [3.8, 4) is 11.1 Å². The van der Waals surface area contributed by atoms with Crippen molar-refractivity contribution in [1.82, 2.24) is 14.5 Å². The molecule has 2 aromatic carbocycles. The van der Waals surface area contributed by atoms with E-state index in [0.29, 0.717) is 47.7 Å². The van der Waals surface area contributed by atoms with Crippen LogP contribution in [0.15, 0.2) is 70.6 Å². The molecule has 1 saturated heterocycles. The van der Waals surface area contributed by atoms with E-state index < -0.39 is 0 Å². The van der Waals surface area contributed by atoms with E-state index in [2.05, 4.69) is 14.9 Å². The number of anilines is 1. The molecule has 1 unspecified atom stereocenters. The predicted molar refractivity (Wildman–Crippen MR) is 133 cm³/mol. The Bertz CT molecular complexity index is 1440. The van der Waals surface area contributed by atoms with Gasteiger partial charge in [0.15, 0.2) is 6.20 Å². The van der Waals surface area contributed by atoms with E-state index in [1.165, 1.54) is 16.7 Å². The number of carbonyl (C=O) groups is 1. The number of H-pyrrole nitrogens is 2. The zero-order valence-electron chi connectivity index (χ0n) is 19.1. The van der Waals surface area contributed by atoms with Crippen LogP contribution in [0.5, 0.6) is 0 Å². The van der Waals surface area contributed by atoms with Crippen molar-refractivity contribution in [2.24, 2.45) is 0 Å². The number of imidazole rings is 1. The van der Waals surface area contributed by atoms with Gasteiger partial charge in [0, 0.05) is 48.6 Å². The molecule has 3 heterocycles. The van der Waals surface area contributed by atoms with Gasteiger partial charge in [0.25, 0.3) is 5.03 Å². The summed E-state index contributed by atoms with van der Waals surface area (Å²) in [4.78, 5) is 35.3. The first-order chi connectivity index (χ1) is 16.9. The largest absolute Gasteiger partial charge is 0.367 e. The first-order valence-corrected chi connectivity index (χ1v) is 12.1. The molecule has 1 fully saturated rings. The van der Waals surface area contributed by atoms with Crippen LogP contribution >= 0.6 is 12.0 Å². The van der Waals surface area contributed by atoms with Crippen LogP contribution in [-0.2, 0) is 11.3 Å². The summed E-state index contributed by atoms with van der Waals surface area (Å²) in [5.41, 5.74) is 3.50. The summed E-state index contributed by atoms with van der Waals surface area (Å²) < 4.78 is 24.8. The van der Waals surface area contributed by atoms with Crippen LogP contribution in [0.2, 0.25) is 0 Å². The van der Waals surface area contributed by atoms with Crippen LogP contribution in [-0.4, -0.2) is 50.6 Å². The Labute approximate surface area is 205 Å². The summed E-state index contributed by atoms with van der Waals surface area (Å²) in [7, 11) is 0. The molecule has 1 aliphatic heterocycles. The van der Waals surface area contributed by atoms with Gasteiger partial charge in [-0.1, -0.05) is 12.1 Å². The number of amides is 1. The Kier molecular flexibility index (Phi) is 6.31. The molecule has 8 nitrogen and oxygen atoms in total. The lowest BCUT2D eigenvalue weighted by Gasteiger charge is -2.41. The van der Waals surface area contributed by atoms with Crippen LogP contribution < -0.4 is 15.6 Å². The highest BCUT2D eigenvalue weighted by atomic mass is 32.2. The number of pyridine rings is 1. The Balaban J connectivity index is 1.35. The topological polar surface area (TPSA) is 95.7 Å². The van der Waals surface area contributed by atoms with E-state index in [1.54, 1.807) is 23.2 Å². The van der Waals surface area contributed by atoms with Crippen molar-refractivity contribution in [2.75, 3.05) is 24.5 Å². The molecule has 0 bridgehead atoms. The standard InChI is InChI=1S/C25H24FN5O3S/c1-16-14-29(21-8-7-18(26)12-19(21)17-6-9-23(35-34)27-13-17)10-11-30(16)24(32)15-31-22-5-3-2-4-20(22)28-25(31)33/h2-9,12-13,16,34H,10-11,14-15H2,1H3,(H,28,33)/p+1. The van der Waals surface area contributed by atoms with Crippen molar-refractivity contribution in [3.63, 3.8) is 0 Å². The molecule has 0 saturated carbocycles. The Morgan fingerprint density at radius 3 is 2.77 bits per heavy atom. The maximum absolute atomic E-state index is 14.2. The average Bonchev–Trinajstić information content (AvgIpc) is 3.18. The molecule has 1 aliphatic rings. The number of carbonyl (C=O) groups excluding carboxylic acids is 1. The van der Waals surface area contributed by atoms with E-state index in [4.69, 9.17) is 0 Å². The molecule has 4 aromatic rings. The van der Waals surface area contributed by atoms with Crippen LogP contribution in [0, 0.1) is 5.82 Å². The lowest BCUT2D eigenvalue weighted by atomic mass is 10.0. The number of piperazine rings is 1. The summed E-state index contributed by atoms with van der Waals surface area (Å²) in [6, 6.07) is 15.5. The summed E-state index contributed by atoms with van der Waals surface area (Å²) in [5, 5.41) is 0.585. The highest BCUT2D eigenvalue weighted by Gasteiger charge is 2.29. The number of aromatic nitrogens is 3. The molecule has 1 atom stereocenters. The van der Waals surface area contributed by atoms with Crippen molar-refractivity contribution in [3.05, 3.63) is 77.1 Å². The van der Waals surface area contributed by atoms with Gasteiger partial charge in [-0.2, -0.15) is 0 Å². The number of para-hydroxylation sites is 2. The van der Waals surface area contributed by atoms with Gasteiger partial charge in [-0.3, -0.25) is 9.36 Å². The highest BCUT2D eigenvalue weighted by molar-refractivity contribution is 7.93. The van der Waals surface area contributed by atoms with Gasteiger partial charge in [-0.05, 0) is 43.3 Å². The number of hydrogen-bond acceptors (Lipinski definition) is 5. The van der Waals surface area contributed by atoms with E-state index in [9.17, 15) is 18.5 Å². The SMILES string of the molecule is CC1CN(c2ccc(F)cc2-c2ccc(SO)[nH+]c2)CCN1C(=O)Cn1c(=O)[nH]c2ccccc21. The van der Waals surface area contributed by atoms with Gasteiger partial charge in [0.1, 0.15) is 12.4 Å². The lowest BCUT2D eigenvalue weighted by molar-refractivity contribution is -0.426. The second-order valence-electron chi connectivity index (χ2n) is 8.61. The van der Waals surface area contributed by atoms with Gasteiger partial charge < -0.3 is 19.3 Å². The molecule has 1 amide bonds. The fourth-order valence-corrected chi connectivity index (χ4v) is 4.93. The van der Waals surface area contributed by atoms with E-state index in [1.807, 2.05) is 37.3 Å². The Morgan fingerprint density at radius 1 is 1.20 bits per heavy atom. The molecule has 3 N–H and O–H groups in total. The molecule has 2 aromatic heterocycles. The van der Waals surface area contributed by atoms with Gasteiger partial charge in [0.05, 0.1) is 23.1 Å². The average molecular weight is 495 g/mol. The maximum atomic E-state index is 14.2. The smallest absolute Gasteiger partial charge is 0.326 e. The molecule has 10 heteroatoms. The molecule has 0 spiro atoms. The highest BCUT2D eigenvalue weighted by Crippen LogP contribution is 2.33. The number of nitrogens with zero attached hydrogens (tertiary/aromatic N) is 3. The van der Waals surface area contributed by atoms with Crippen molar-refractivity contribution < 1.29 is 18.7 Å². The van der Waals surface area contributed by atoms with E-state index >= 15 is 0 Å². The molecule has 35 heavy (non-hydrogen) atoms. The van der Waals surface area contributed by atoms with Crippen molar-refractivity contribution in [1.29, 1.82) is 0 Å². The van der Waals surface area contributed by atoms with Gasteiger partial charge >= 0.3 is 5.69 Å². The monoisotopic (exact) mass is 494 g/mol. The number of rotatable bonds is 5. The van der Waals surface area contributed by atoms with E-state index in [0.717, 1.165) is 16.8 Å². The number of hydrogen-bond donors (Lipinski definition) is 2. The third-order valence-corrected chi connectivity index (χ3v) is 6.87. The molecule has 180 valence electrons. The molecular formula is C25H25FN5O3S+. The first kappa shape index (κ1) is 23.1. The normalized spacial score (nSPS) is 16.1. The molecular weight excluding hydrogens is 469 g/mol. The number of benzene rings is 2. The predicted octanol–water partition coefficient (Wildman–Crippen LogP) is 3.25. The second kappa shape index (κ2) is 9.55. The van der Waals surface area contributed by atoms with Crippen molar-refractivity contribution >= 4 is 34.7 Å². The summed E-state index contributed by atoms with van der Waals surface area (Å²) in [6.07, 6.45) is 1.74. The summed E-state index contributed by atoms with van der Waals surface area (Å²) >= 11 is 0.613. The third kappa shape index (κ3) is 4.54. The second-order valence-corrected chi connectivity index (χ2v) is 9.23. The number of halogens is 1. The third-order valence-electron chi connectivity index (χ3n) is 6.42. The fraction of sp³-hybridized carbons (Fsp3) is 0.240. The quantitative estimate of drug-likeness (QED) is 0.416. The minimum Gasteiger partial charge on any atom is -0.367 e. The zero-order valence-corrected chi connectivity index (χ0v) is 19.9. The molecule has 0 radical (unpaired) electrons. The maximum Gasteiger partial charge on any atom is 0.326 e. The summed E-state index contributed by atoms with van der Waals surface area (Å²) in [5.74, 6) is -0.453. The van der Waals surface area contributed by atoms with Crippen LogP contribution in [0.25, 0.3) is 22.2 Å². The van der Waals surface area contributed by atoms with E-state index in [-0.39, 0.29) is 30.0 Å². The number of fused-ring (bicyclic) bond motifs is 1. The van der Waals surface area contributed by atoms with Gasteiger partial charge in [0.2, 0.25) is 5.91 Å². The number of nitrogens with one attached hydrogen (secondary N) is 2. The Morgan fingerprint density at radius 2 is 2.03 bits per heavy atom. The minimum atomic E-state index is -0.338. The van der Waals surface area contributed by atoms with Crippen molar-refractivity contribution in [2.45, 2.75) is 24.5 Å². The molecule has 0 aliphatic carbocycles. The minimum absolute atomic E-state index is 0.0277.